The van der Waals surface area contributed by atoms with Crippen molar-refractivity contribution in [2.75, 3.05) is 26.2 Å². The molecule has 152 valence electrons. The number of quaternary nitrogens is 2. The highest BCUT2D eigenvalue weighted by Crippen LogP contribution is 2.18. The van der Waals surface area contributed by atoms with Gasteiger partial charge >= 0.3 is 0 Å². The zero-order valence-corrected chi connectivity index (χ0v) is 16.8. The minimum atomic E-state index is 0.145. The molecule has 2 aliphatic rings. The monoisotopic (exact) mass is 394 g/mol. The summed E-state index contributed by atoms with van der Waals surface area (Å²) in [5.41, 5.74) is 1.28. The van der Waals surface area contributed by atoms with Gasteiger partial charge in [0.25, 0.3) is 0 Å². The molecule has 29 heavy (non-hydrogen) atoms. The summed E-state index contributed by atoms with van der Waals surface area (Å²) in [7, 11) is 0. The van der Waals surface area contributed by atoms with Crippen molar-refractivity contribution < 1.29 is 14.2 Å². The largest absolute Gasteiger partial charge is 0.467 e. The lowest BCUT2D eigenvalue weighted by atomic mass is 10.0. The molecule has 0 amide bonds. The normalized spacial score (nSPS) is 24.0. The van der Waals surface area contributed by atoms with Gasteiger partial charge in [0.2, 0.25) is 5.82 Å². The maximum absolute atomic E-state index is 5.54. The molecule has 2 aromatic heterocycles. The van der Waals surface area contributed by atoms with Gasteiger partial charge in [-0.2, -0.15) is 0 Å². The van der Waals surface area contributed by atoms with Crippen LogP contribution in [0.1, 0.15) is 48.9 Å². The summed E-state index contributed by atoms with van der Waals surface area (Å²) < 4.78 is 7.44. The van der Waals surface area contributed by atoms with Crippen molar-refractivity contribution in [2.45, 2.75) is 44.3 Å². The van der Waals surface area contributed by atoms with Crippen molar-refractivity contribution in [2.24, 2.45) is 0 Å². The minimum absolute atomic E-state index is 0.145. The highest BCUT2D eigenvalue weighted by molar-refractivity contribution is 5.22. The topological polar surface area (TPSA) is 65.6 Å². The average Bonchev–Trinajstić information content (AvgIpc) is 3.54. The first-order valence-corrected chi connectivity index (χ1v) is 10.9. The Morgan fingerprint density at radius 3 is 2.52 bits per heavy atom. The molecule has 2 N–H and O–H groups in total. The summed E-state index contributed by atoms with van der Waals surface area (Å²) in [6.07, 6.45) is 7.35. The van der Waals surface area contributed by atoms with Gasteiger partial charge in [-0.15, -0.1) is 5.10 Å². The number of hydrogen-bond donors (Lipinski definition) is 2. The van der Waals surface area contributed by atoms with Crippen LogP contribution in [0, 0.1) is 0 Å². The molecule has 1 aromatic carbocycles. The Morgan fingerprint density at radius 2 is 1.79 bits per heavy atom. The van der Waals surface area contributed by atoms with Crippen LogP contribution in [0.2, 0.25) is 0 Å². The van der Waals surface area contributed by atoms with E-state index >= 15 is 0 Å². The molecule has 0 spiro atoms. The fourth-order valence-electron chi connectivity index (χ4n) is 5.22. The third-order valence-electron chi connectivity index (χ3n) is 6.71. The van der Waals surface area contributed by atoms with Crippen LogP contribution in [-0.4, -0.2) is 52.4 Å². The van der Waals surface area contributed by atoms with Crippen molar-refractivity contribution >= 4 is 0 Å². The Bertz CT molecular complexity index is 879. The van der Waals surface area contributed by atoms with Crippen LogP contribution in [0.15, 0.2) is 53.1 Å². The van der Waals surface area contributed by atoms with E-state index in [-0.39, 0.29) is 6.04 Å². The highest BCUT2D eigenvalue weighted by Gasteiger charge is 2.38. The van der Waals surface area contributed by atoms with E-state index in [2.05, 4.69) is 45.9 Å². The van der Waals surface area contributed by atoms with Gasteiger partial charge in [0.15, 0.2) is 6.04 Å². The number of rotatable bonds is 6. The zero-order chi connectivity index (χ0) is 19.5. The van der Waals surface area contributed by atoms with Gasteiger partial charge in [-0.25, -0.2) is 4.68 Å². The molecule has 1 atom stereocenters. The Labute approximate surface area is 171 Å². The summed E-state index contributed by atoms with van der Waals surface area (Å²) in [5, 5.41) is 12.8. The number of furan rings is 1. The Morgan fingerprint density at radius 1 is 1.00 bits per heavy atom. The first-order chi connectivity index (χ1) is 14.4. The quantitative estimate of drug-likeness (QED) is 0.624. The second kappa shape index (κ2) is 8.47. The maximum atomic E-state index is 5.54. The van der Waals surface area contributed by atoms with Crippen LogP contribution in [0.3, 0.4) is 0 Å². The first-order valence-electron chi connectivity index (χ1n) is 10.9. The van der Waals surface area contributed by atoms with Gasteiger partial charge in [-0.1, -0.05) is 30.3 Å². The number of hydrogen-bond acceptors (Lipinski definition) is 4. The van der Waals surface area contributed by atoms with E-state index in [0.29, 0.717) is 6.54 Å². The molecule has 5 rings (SSSR count). The zero-order valence-electron chi connectivity index (χ0n) is 16.8. The van der Waals surface area contributed by atoms with E-state index in [1.165, 1.54) is 44.3 Å². The molecular formula is C22H30N6O+2. The van der Waals surface area contributed by atoms with Gasteiger partial charge in [0.1, 0.15) is 38.5 Å². The first kappa shape index (κ1) is 18.5. The summed E-state index contributed by atoms with van der Waals surface area (Å²) in [6, 6.07) is 15.6. The molecule has 0 radical (unpaired) electrons. The molecule has 7 nitrogen and oxygen atoms in total. The van der Waals surface area contributed by atoms with Gasteiger partial charge in [0.05, 0.1) is 12.3 Å². The highest BCUT2D eigenvalue weighted by atomic mass is 16.3. The van der Waals surface area contributed by atoms with E-state index < -0.39 is 0 Å². The molecule has 2 fully saturated rings. The number of nitrogens with one attached hydrogen (secondary N) is 2. The van der Waals surface area contributed by atoms with E-state index in [1.807, 2.05) is 21.7 Å². The van der Waals surface area contributed by atoms with Gasteiger partial charge < -0.3 is 14.2 Å². The standard InChI is InChI=1S/C22H28N6O/c1-2-7-18(8-3-1)21(22-23-24-25-28(22)17-20-11-6-16-29-20)27-14-12-26(13-15-27)19-9-4-5-10-19/h1-3,6-8,11,16,19,21H,4-5,9-10,12-15,17H2/p+2/t21-/m0/s1. The Kier molecular flexibility index (Phi) is 5.41. The van der Waals surface area contributed by atoms with Crippen molar-refractivity contribution in [1.82, 2.24) is 20.2 Å². The van der Waals surface area contributed by atoms with Crippen molar-refractivity contribution in [3.05, 3.63) is 65.9 Å². The maximum Gasteiger partial charge on any atom is 0.214 e. The van der Waals surface area contributed by atoms with Gasteiger partial charge in [-0.3, -0.25) is 0 Å². The predicted octanol–water partition coefficient (Wildman–Crippen LogP) is 0.130. The molecule has 0 unspecified atom stereocenters. The average molecular weight is 395 g/mol. The number of aromatic nitrogens is 4. The van der Waals surface area contributed by atoms with E-state index in [9.17, 15) is 0 Å². The lowest BCUT2D eigenvalue weighted by Gasteiger charge is -2.36. The van der Waals surface area contributed by atoms with Crippen molar-refractivity contribution in [1.29, 1.82) is 0 Å². The van der Waals surface area contributed by atoms with Gasteiger partial charge in [0, 0.05) is 5.56 Å². The van der Waals surface area contributed by atoms with E-state index in [0.717, 1.165) is 30.7 Å². The Balaban J connectivity index is 1.39. The SMILES string of the molecule is c1ccc([C@@H](c2nnnn2Cc2ccco2)[NH+]2CC[NH+](C3CCCC3)CC2)cc1. The third kappa shape index (κ3) is 3.97. The third-order valence-corrected chi connectivity index (χ3v) is 6.71. The number of nitrogens with zero attached hydrogens (tertiary/aromatic N) is 4. The molecule has 3 heterocycles. The number of piperazine rings is 1. The van der Waals surface area contributed by atoms with Crippen LogP contribution in [0.4, 0.5) is 0 Å². The molecule has 1 aliphatic carbocycles. The number of benzene rings is 1. The second-order valence-electron chi connectivity index (χ2n) is 8.42. The smallest absolute Gasteiger partial charge is 0.214 e. The van der Waals surface area contributed by atoms with Gasteiger partial charge in [-0.05, 0) is 48.2 Å². The van der Waals surface area contributed by atoms with Crippen LogP contribution >= 0.6 is 0 Å². The molecule has 1 saturated carbocycles. The van der Waals surface area contributed by atoms with Crippen LogP contribution in [-0.2, 0) is 6.54 Å². The summed E-state index contributed by atoms with van der Waals surface area (Å²) >= 11 is 0. The van der Waals surface area contributed by atoms with Crippen LogP contribution < -0.4 is 9.80 Å². The molecule has 0 bridgehead atoms. The van der Waals surface area contributed by atoms with E-state index in [1.54, 1.807) is 11.2 Å². The lowest BCUT2D eigenvalue weighted by molar-refractivity contribution is -1.03. The minimum Gasteiger partial charge on any atom is -0.467 e. The fourth-order valence-corrected chi connectivity index (χ4v) is 5.22. The summed E-state index contributed by atoms with van der Waals surface area (Å²) in [6.45, 7) is 5.34. The van der Waals surface area contributed by atoms with Crippen molar-refractivity contribution in [3.8, 4) is 0 Å². The fraction of sp³-hybridized carbons (Fsp3) is 0.500. The predicted molar refractivity (Wildman–Crippen MR) is 108 cm³/mol. The Hall–Kier alpha value is -2.51. The lowest BCUT2D eigenvalue weighted by Crippen LogP contribution is -3.29. The molecule has 7 heteroatoms. The molecule has 1 saturated heterocycles. The molecule has 1 aliphatic heterocycles. The number of tetrazole rings is 1. The second-order valence-corrected chi connectivity index (χ2v) is 8.42. The van der Waals surface area contributed by atoms with Crippen LogP contribution in [0.5, 0.6) is 0 Å². The molecule has 3 aromatic rings. The summed E-state index contributed by atoms with van der Waals surface area (Å²) in [4.78, 5) is 3.38. The van der Waals surface area contributed by atoms with Crippen molar-refractivity contribution in [3.63, 3.8) is 0 Å². The summed E-state index contributed by atoms with van der Waals surface area (Å²) in [5.74, 6) is 1.79. The molecular weight excluding hydrogens is 364 g/mol. The van der Waals surface area contributed by atoms with Crippen LogP contribution in [0.25, 0.3) is 0 Å². The van der Waals surface area contributed by atoms with E-state index in [4.69, 9.17) is 4.42 Å².